The van der Waals surface area contributed by atoms with Gasteiger partial charge >= 0.3 is 0 Å². The van der Waals surface area contributed by atoms with Gasteiger partial charge in [-0.3, -0.25) is 4.98 Å². The maximum atomic E-state index is 9.14. The maximum absolute atomic E-state index is 9.14. The molecule has 0 bridgehead atoms. The minimum absolute atomic E-state index is 0.0127. The van der Waals surface area contributed by atoms with Crippen LogP contribution in [0.25, 0.3) is 0 Å². The molecular weight excluding hydrogens is 164 g/mol. The third-order valence-electron chi connectivity index (χ3n) is 2.09. The van der Waals surface area contributed by atoms with Crippen LogP contribution in [0.5, 0.6) is 0 Å². The van der Waals surface area contributed by atoms with Gasteiger partial charge in [-0.1, -0.05) is 6.92 Å². The predicted molar refractivity (Wildman–Crippen MR) is 52.5 cm³/mol. The fourth-order valence-corrected chi connectivity index (χ4v) is 1.36. The molecule has 13 heavy (non-hydrogen) atoms. The number of aryl methyl sites for hydroxylation is 1. The topological polar surface area (TPSA) is 45.1 Å². The summed E-state index contributed by atoms with van der Waals surface area (Å²) in [6, 6.07) is 1.97. The lowest BCUT2D eigenvalue weighted by molar-refractivity contribution is 0.245. The Kier molecular flexibility index (Phi) is 3.86. The average Bonchev–Trinajstić information content (AvgIpc) is 2.16. The van der Waals surface area contributed by atoms with E-state index in [2.05, 4.69) is 10.3 Å². The van der Waals surface area contributed by atoms with Gasteiger partial charge in [0.2, 0.25) is 0 Å². The number of likely N-dealkylation sites (N-methyl/N-ethyl adjacent to an activating group) is 1. The van der Waals surface area contributed by atoms with E-state index in [1.54, 1.807) is 12.4 Å². The largest absolute Gasteiger partial charge is 0.394 e. The summed E-state index contributed by atoms with van der Waals surface area (Å²) in [5, 5.41) is 12.3. The second-order valence-corrected chi connectivity index (χ2v) is 3.03. The lowest BCUT2D eigenvalue weighted by Crippen LogP contribution is -2.24. The molecule has 0 amide bonds. The Morgan fingerprint density at radius 1 is 1.62 bits per heavy atom. The first-order chi connectivity index (χ1) is 6.29. The molecular formula is C10H16N2O. The second-order valence-electron chi connectivity index (χ2n) is 3.03. The lowest BCUT2D eigenvalue weighted by atomic mass is 10.1. The van der Waals surface area contributed by atoms with Crippen molar-refractivity contribution >= 4 is 0 Å². The number of aliphatic hydroxyl groups excluding tert-OH is 1. The zero-order valence-corrected chi connectivity index (χ0v) is 8.12. The van der Waals surface area contributed by atoms with Crippen LogP contribution in [0.1, 0.15) is 24.1 Å². The SMILES string of the molecule is CCNC(CO)c1cnccc1C. The standard InChI is InChI=1S/C10H16N2O/c1-3-12-10(7-13)9-6-11-5-4-8(9)2/h4-6,10,12-13H,3,7H2,1-2H3. The highest BCUT2D eigenvalue weighted by Crippen LogP contribution is 2.14. The molecule has 3 nitrogen and oxygen atoms in total. The van der Waals surface area contributed by atoms with Crippen molar-refractivity contribution in [1.29, 1.82) is 0 Å². The van der Waals surface area contributed by atoms with Crippen LogP contribution in [0.2, 0.25) is 0 Å². The molecule has 1 rings (SSSR count). The van der Waals surface area contributed by atoms with Crippen molar-refractivity contribution in [3.05, 3.63) is 29.6 Å². The smallest absolute Gasteiger partial charge is 0.0627 e. The highest BCUT2D eigenvalue weighted by molar-refractivity contribution is 5.25. The van der Waals surface area contributed by atoms with E-state index < -0.39 is 0 Å². The van der Waals surface area contributed by atoms with Crippen molar-refractivity contribution in [1.82, 2.24) is 10.3 Å². The molecule has 0 aromatic carbocycles. The fourth-order valence-electron chi connectivity index (χ4n) is 1.36. The fraction of sp³-hybridized carbons (Fsp3) is 0.500. The molecule has 1 unspecified atom stereocenters. The van der Waals surface area contributed by atoms with E-state index in [4.69, 9.17) is 5.11 Å². The first-order valence-electron chi connectivity index (χ1n) is 4.54. The predicted octanol–water partition coefficient (Wildman–Crippen LogP) is 1.03. The number of hydrogen-bond donors (Lipinski definition) is 2. The number of aliphatic hydroxyl groups is 1. The number of nitrogens with zero attached hydrogens (tertiary/aromatic N) is 1. The third-order valence-corrected chi connectivity index (χ3v) is 2.09. The molecule has 0 aliphatic heterocycles. The van der Waals surface area contributed by atoms with Crippen LogP contribution in [0, 0.1) is 6.92 Å². The Morgan fingerprint density at radius 2 is 2.38 bits per heavy atom. The highest BCUT2D eigenvalue weighted by atomic mass is 16.3. The molecule has 0 fully saturated rings. The van der Waals surface area contributed by atoms with Crippen molar-refractivity contribution in [2.24, 2.45) is 0 Å². The van der Waals surface area contributed by atoms with Gasteiger partial charge in [0, 0.05) is 12.4 Å². The van der Waals surface area contributed by atoms with E-state index in [9.17, 15) is 0 Å². The van der Waals surface area contributed by atoms with Crippen molar-refractivity contribution in [3.63, 3.8) is 0 Å². The van der Waals surface area contributed by atoms with Crippen LogP contribution in [0.3, 0.4) is 0 Å². The molecule has 0 spiro atoms. The molecule has 0 aliphatic rings. The van der Waals surface area contributed by atoms with Crippen molar-refractivity contribution in [2.45, 2.75) is 19.9 Å². The van der Waals surface area contributed by atoms with Crippen LogP contribution in [0.4, 0.5) is 0 Å². The zero-order valence-electron chi connectivity index (χ0n) is 8.12. The van der Waals surface area contributed by atoms with Crippen LogP contribution in [-0.2, 0) is 0 Å². The Morgan fingerprint density at radius 3 is 2.92 bits per heavy atom. The molecule has 0 saturated heterocycles. The first kappa shape index (κ1) is 10.2. The molecule has 0 aliphatic carbocycles. The number of pyridine rings is 1. The Hall–Kier alpha value is -0.930. The van der Waals surface area contributed by atoms with Crippen LogP contribution in [0.15, 0.2) is 18.5 Å². The van der Waals surface area contributed by atoms with Crippen molar-refractivity contribution in [2.75, 3.05) is 13.2 Å². The number of hydrogen-bond acceptors (Lipinski definition) is 3. The second kappa shape index (κ2) is 4.94. The van der Waals surface area contributed by atoms with E-state index in [0.717, 1.165) is 17.7 Å². The first-order valence-corrected chi connectivity index (χ1v) is 4.54. The minimum Gasteiger partial charge on any atom is -0.394 e. The summed E-state index contributed by atoms with van der Waals surface area (Å²) in [7, 11) is 0. The molecule has 3 heteroatoms. The number of nitrogens with one attached hydrogen (secondary N) is 1. The average molecular weight is 180 g/mol. The molecule has 72 valence electrons. The van der Waals surface area contributed by atoms with Gasteiger partial charge < -0.3 is 10.4 Å². The summed E-state index contributed by atoms with van der Waals surface area (Å²) >= 11 is 0. The van der Waals surface area contributed by atoms with Crippen LogP contribution in [-0.4, -0.2) is 23.2 Å². The van der Waals surface area contributed by atoms with Gasteiger partial charge in [-0.25, -0.2) is 0 Å². The van der Waals surface area contributed by atoms with Gasteiger partial charge in [0.15, 0.2) is 0 Å². The van der Waals surface area contributed by atoms with E-state index in [0.29, 0.717) is 0 Å². The quantitative estimate of drug-likeness (QED) is 0.727. The van der Waals surface area contributed by atoms with E-state index in [1.165, 1.54) is 0 Å². The molecule has 1 atom stereocenters. The van der Waals surface area contributed by atoms with Gasteiger partial charge in [-0.15, -0.1) is 0 Å². The normalized spacial score (nSPS) is 12.8. The van der Waals surface area contributed by atoms with Crippen LogP contribution >= 0.6 is 0 Å². The molecule has 1 aromatic rings. The van der Waals surface area contributed by atoms with Gasteiger partial charge in [0.25, 0.3) is 0 Å². The number of aromatic nitrogens is 1. The van der Waals surface area contributed by atoms with Gasteiger partial charge in [-0.2, -0.15) is 0 Å². The number of rotatable bonds is 4. The van der Waals surface area contributed by atoms with E-state index in [-0.39, 0.29) is 12.6 Å². The van der Waals surface area contributed by atoms with Crippen molar-refractivity contribution in [3.8, 4) is 0 Å². The summed E-state index contributed by atoms with van der Waals surface area (Å²) in [5.41, 5.74) is 2.24. The molecule has 1 aromatic heterocycles. The van der Waals surface area contributed by atoms with E-state index in [1.807, 2.05) is 19.9 Å². The summed E-state index contributed by atoms with van der Waals surface area (Å²) < 4.78 is 0. The lowest BCUT2D eigenvalue weighted by Gasteiger charge is -2.16. The summed E-state index contributed by atoms with van der Waals surface area (Å²) in [5.74, 6) is 0. The molecule has 1 heterocycles. The zero-order chi connectivity index (χ0) is 9.68. The molecule has 0 radical (unpaired) electrons. The Bertz CT molecular complexity index is 263. The highest BCUT2D eigenvalue weighted by Gasteiger charge is 2.10. The molecule has 0 saturated carbocycles. The van der Waals surface area contributed by atoms with Gasteiger partial charge in [-0.05, 0) is 30.7 Å². The van der Waals surface area contributed by atoms with Gasteiger partial charge in [0.05, 0.1) is 12.6 Å². The summed E-state index contributed by atoms with van der Waals surface area (Å²) in [4.78, 5) is 4.05. The van der Waals surface area contributed by atoms with Crippen molar-refractivity contribution < 1.29 is 5.11 Å². The third kappa shape index (κ3) is 2.50. The molecule has 2 N–H and O–H groups in total. The minimum atomic E-state index is 0.0127. The summed E-state index contributed by atoms with van der Waals surface area (Å²) in [6.07, 6.45) is 3.57. The Labute approximate surface area is 78.8 Å². The van der Waals surface area contributed by atoms with Gasteiger partial charge in [0.1, 0.15) is 0 Å². The monoisotopic (exact) mass is 180 g/mol. The van der Waals surface area contributed by atoms with Crippen LogP contribution < -0.4 is 5.32 Å². The Balaban J connectivity index is 2.84. The summed E-state index contributed by atoms with van der Waals surface area (Å²) in [6.45, 7) is 5.01. The maximum Gasteiger partial charge on any atom is 0.0627 e. The van der Waals surface area contributed by atoms with E-state index >= 15 is 0 Å².